The Hall–Kier alpha value is -4.07. The molecule has 0 fully saturated rings. The summed E-state index contributed by atoms with van der Waals surface area (Å²) in [5, 5.41) is 3.07. The number of amides is 1. The van der Waals surface area contributed by atoms with Gasteiger partial charge in [0.1, 0.15) is 24.0 Å². The van der Waals surface area contributed by atoms with Gasteiger partial charge in [-0.15, -0.1) is 0 Å². The number of aryl methyl sites for hydroxylation is 1. The van der Waals surface area contributed by atoms with E-state index < -0.39 is 0 Å². The van der Waals surface area contributed by atoms with Gasteiger partial charge in [0.2, 0.25) is 5.91 Å². The summed E-state index contributed by atoms with van der Waals surface area (Å²) in [4.78, 5) is 38.0. The number of methoxy groups -OCH3 is 1. The van der Waals surface area contributed by atoms with Crippen LogP contribution in [0, 0.1) is 6.92 Å². The summed E-state index contributed by atoms with van der Waals surface area (Å²) in [5.74, 6) is 0.904. The molecule has 0 atom stereocenters. The first-order chi connectivity index (χ1) is 15.0. The van der Waals surface area contributed by atoms with Crippen molar-refractivity contribution in [2.24, 2.45) is 0 Å². The standard InChI is InChI=1S/C23H21N5O3/c1-15-3-5-16(6-4-15)11-24-20(29)13-28-14-26-22-19(23(28)30)12-25-21(27-22)17-7-9-18(31-2)10-8-17/h3-10,12,14H,11,13H2,1-2H3,(H,24,29). The molecule has 0 radical (unpaired) electrons. The van der Waals surface area contributed by atoms with E-state index in [1.807, 2.05) is 55.5 Å². The molecule has 31 heavy (non-hydrogen) atoms. The molecule has 2 heterocycles. The van der Waals surface area contributed by atoms with E-state index >= 15 is 0 Å². The molecule has 0 spiro atoms. The highest BCUT2D eigenvalue weighted by atomic mass is 16.5. The summed E-state index contributed by atoms with van der Waals surface area (Å²) >= 11 is 0. The van der Waals surface area contributed by atoms with E-state index in [0.29, 0.717) is 12.4 Å². The van der Waals surface area contributed by atoms with E-state index in [1.54, 1.807) is 7.11 Å². The van der Waals surface area contributed by atoms with Crippen molar-refractivity contribution < 1.29 is 9.53 Å². The van der Waals surface area contributed by atoms with E-state index in [4.69, 9.17) is 4.74 Å². The predicted molar refractivity (Wildman–Crippen MR) is 117 cm³/mol. The number of aromatic nitrogens is 4. The second kappa shape index (κ2) is 8.74. The number of hydrogen-bond donors (Lipinski definition) is 1. The lowest BCUT2D eigenvalue weighted by atomic mass is 10.1. The number of carbonyl (C=O) groups is 1. The summed E-state index contributed by atoms with van der Waals surface area (Å²) in [6, 6.07) is 15.2. The third-order valence-corrected chi connectivity index (χ3v) is 4.85. The third-order valence-electron chi connectivity index (χ3n) is 4.85. The highest BCUT2D eigenvalue weighted by molar-refractivity contribution is 5.77. The summed E-state index contributed by atoms with van der Waals surface area (Å²) in [5.41, 5.74) is 2.84. The van der Waals surface area contributed by atoms with Gasteiger partial charge in [-0.05, 0) is 36.8 Å². The molecule has 4 rings (SSSR count). The smallest absolute Gasteiger partial charge is 0.264 e. The average Bonchev–Trinajstić information content (AvgIpc) is 2.80. The molecular weight excluding hydrogens is 394 g/mol. The fourth-order valence-corrected chi connectivity index (χ4v) is 3.06. The van der Waals surface area contributed by atoms with E-state index in [2.05, 4.69) is 20.3 Å². The van der Waals surface area contributed by atoms with Gasteiger partial charge in [-0.2, -0.15) is 0 Å². The second-order valence-corrected chi connectivity index (χ2v) is 7.10. The second-order valence-electron chi connectivity index (χ2n) is 7.10. The van der Waals surface area contributed by atoms with Gasteiger partial charge in [-0.3, -0.25) is 14.2 Å². The molecule has 8 heteroatoms. The summed E-state index contributed by atoms with van der Waals surface area (Å²) in [6.07, 6.45) is 2.78. The number of nitrogens with one attached hydrogen (secondary N) is 1. The number of rotatable bonds is 6. The van der Waals surface area contributed by atoms with Crippen molar-refractivity contribution >= 4 is 16.9 Å². The Morgan fingerprint density at radius 3 is 2.52 bits per heavy atom. The number of benzene rings is 2. The first-order valence-electron chi connectivity index (χ1n) is 9.72. The van der Waals surface area contributed by atoms with Crippen LogP contribution < -0.4 is 15.6 Å². The molecule has 0 unspecified atom stereocenters. The van der Waals surface area contributed by atoms with Crippen molar-refractivity contribution in [3.05, 3.63) is 82.5 Å². The van der Waals surface area contributed by atoms with Crippen LogP contribution in [0.2, 0.25) is 0 Å². The van der Waals surface area contributed by atoms with Crippen molar-refractivity contribution in [1.82, 2.24) is 24.8 Å². The van der Waals surface area contributed by atoms with Crippen molar-refractivity contribution in [2.75, 3.05) is 7.11 Å². The Bertz CT molecular complexity index is 1280. The number of nitrogens with zero attached hydrogens (tertiary/aromatic N) is 4. The lowest BCUT2D eigenvalue weighted by molar-refractivity contribution is -0.121. The Balaban J connectivity index is 1.50. The monoisotopic (exact) mass is 415 g/mol. The van der Waals surface area contributed by atoms with E-state index in [0.717, 1.165) is 22.4 Å². The molecule has 0 saturated heterocycles. The molecule has 2 aromatic heterocycles. The molecule has 8 nitrogen and oxygen atoms in total. The summed E-state index contributed by atoms with van der Waals surface area (Å²) < 4.78 is 6.41. The van der Waals surface area contributed by atoms with Crippen molar-refractivity contribution in [2.45, 2.75) is 20.0 Å². The minimum absolute atomic E-state index is 0.131. The quantitative estimate of drug-likeness (QED) is 0.519. The summed E-state index contributed by atoms with van der Waals surface area (Å²) in [7, 11) is 1.60. The van der Waals surface area contributed by atoms with Crippen molar-refractivity contribution in [3.63, 3.8) is 0 Å². The zero-order valence-electron chi connectivity index (χ0n) is 17.2. The first-order valence-corrected chi connectivity index (χ1v) is 9.72. The van der Waals surface area contributed by atoms with Crippen molar-refractivity contribution in [1.29, 1.82) is 0 Å². The average molecular weight is 415 g/mol. The number of carbonyl (C=O) groups excluding carboxylic acids is 1. The van der Waals surface area contributed by atoms with Crippen molar-refractivity contribution in [3.8, 4) is 17.1 Å². The Morgan fingerprint density at radius 1 is 1.06 bits per heavy atom. The molecule has 1 N–H and O–H groups in total. The maximum absolute atomic E-state index is 12.8. The van der Waals surface area contributed by atoms with Crippen LogP contribution in [-0.4, -0.2) is 32.5 Å². The van der Waals surface area contributed by atoms with Crippen LogP contribution in [0.3, 0.4) is 0 Å². The molecule has 4 aromatic rings. The molecular formula is C23H21N5O3. The SMILES string of the molecule is COc1ccc(-c2ncc3c(=O)n(CC(=O)NCc4ccc(C)cc4)cnc3n2)cc1. The van der Waals surface area contributed by atoms with Crippen LogP contribution in [0.25, 0.3) is 22.4 Å². The van der Waals surface area contributed by atoms with Crippen LogP contribution in [0.1, 0.15) is 11.1 Å². The van der Waals surface area contributed by atoms with Gasteiger partial charge < -0.3 is 10.1 Å². The molecule has 0 aliphatic rings. The van der Waals surface area contributed by atoms with Gasteiger partial charge in [-0.25, -0.2) is 15.0 Å². The Kier molecular flexibility index (Phi) is 5.70. The lowest BCUT2D eigenvalue weighted by Gasteiger charge is -2.09. The van der Waals surface area contributed by atoms with E-state index in [-0.39, 0.29) is 29.0 Å². The first kappa shape index (κ1) is 20.2. The largest absolute Gasteiger partial charge is 0.497 e. The molecule has 0 aliphatic heterocycles. The topological polar surface area (TPSA) is 99.0 Å². The van der Waals surface area contributed by atoms with Crippen LogP contribution in [0.4, 0.5) is 0 Å². The molecule has 0 aliphatic carbocycles. The van der Waals surface area contributed by atoms with Crippen LogP contribution >= 0.6 is 0 Å². The third kappa shape index (κ3) is 4.58. The molecule has 0 bridgehead atoms. The maximum Gasteiger partial charge on any atom is 0.264 e. The van der Waals surface area contributed by atoms with Gasteiger partial charge in [0.15, 0.2) is 11.5 Å². The molecule has 2 aromatic carbocycles. The minimum atomic E-state index is -0.364. The van der Waals surface area contributed by atoms with Gasteiger partial charge >= 0.3 is 0 Å². The van der Waals surface area contributed by atoms with E-state index in [1.165, 1.54) is 17.1 Å². The summed E-state index contributed by atoms with van der Waals surface area (Å²) in [6.45, 7) is 2.27. The minimum Gasteiger partial charge on any atom is -0.497 e. The molecule has 0 saturated carbocycles. The van der Waals surface area contributed by atoms with Gasteiger partial charge in [0, 0.05) is 18.3 Å². The number of fused-ring (bicyclic) bond motifs is 1. The highest BCUT2D eigenvalue weighted by Gasteiger charge is 2.11. The van der Waals surface area contributed by atoms with Gasteiger partial charge in [-0.1, -0.05) is 29.8 Å². The lowest BCUT2D eigenvalue weighted by Crippen LogP contribution is -2.32. The van der Waals surface area contributed by atoms with Crippen LogP contribution in [-0.2, 0) is 17.9 Å². The van der Waals surface area contributed by atoms with Gasteiger partial charge in [0.25, 0.3) is 5.56 Å². The molecule has 1 amide bonds. The fraction of sp³-hybridized carbons (Fsp3) is 0.174. The van der Waals surface area contributed by atoms with Crippen LogP contribution in [0.15, 0.2) is 65.8 Å². The fourth-order valence-electron chi connectivity index (χ4n) is 3.06. The zero-order chi connectivity index (χ0) is 21.8. The zero-order valence-corrected chi connectivity index (χ0v) is 17.2. The predicted octanol–water partition coefficient (Wildman–Crippen LogP) is 2.49. The van der Waals surface area contributed by atoms with Crippen LogP contribution in [0.5, 0.6) is 5.75 Å². The van der Waals surface area contributed by atoms with Gasteiger partial charge in [0.05, 0.1) is 7.11 Å². The molecule has 156 valence electrons. The number of hydrogen-bond acceptors (Lipinski definition) is 6. The Labute approximate surface area is 178 Å². The maximum atomic E-state index is 12.8. The normalized spacial score (nSPS) is 10.8. The Morgan fingerprint density at radius 2 is 1.81 bits per heavy atom. The van der Waals surface area contributed by atoms with E-state index in [9.17, 15) is 9.59 Å². The highest BCUT2D eigenvalue weighted by Crippen LogP contribution is 2.19. The number of ether oxygens (including phenoxy) is 1.